The minimum absolute atomic E-state index is 0.176. The molecule has 9 heteroatoms. The summed E-state index contributed by atoms with van der Waals surface area (Å²) in [5.74, 6) is 0.0148. The van der Waals surface area contributed by atoms with E-state index in [-0.39, 0.29) is 42.5 Å². The highest BCUT2D eigenvalue weighted by molar-refractivity contribution is 6.00. The highest BCUT2D eigenvalue weighted by Crippen LogP contribution is 2.24. The summed E-state index contributed by atoms with van der Waals surface area (Å²) in [6, 6.07) is 0.186. The molecule has 2 amide bonds. The number of esters is 1. The van der Waals surface area contributed by atoms with Gasteiger partial charge in [-0.15, -0.1) is 0 Å². The van der Waals surface area contributed by atoms with Crippen LogP contribution in [0.3, 0.4) is 0 Å². The normalized spacial score (nSPS) is 18.7. The smallest absolute Gasteiger partial charge is 0.343 e. The fraction of sp³-hybridized carbons (Fsp3) is 0.714. The number of hydrogen-bond donors (Lipinski definition) is 2. The summed E-state index contributed by atoms with van der Waals surface area (Å²) >= 11 is 0. The first-order valence-corrected chi connectivity index (χ1v) is 11.0. The number of hydrogen-bond acceptors (Lipinski definition) is 6. The third-order valence-electron chi connectivity index (χ3n) is 5.97. The van der Waals surface area contributed by atoms with Crippen LogP contribution in [0.5, 0.6) is 0 Å². The SMILES string of the molecule is CCOC(=O)c1cnn(C)c1NC(=O)CN1CCC(NC(=O)C2CCCCC2)CC1. The van der Waals surface area contributed by atoms with Crippen molar-refractivity contribution < 1.29 is 19.1 Å². The van der Waals surface area contributed by atoms with Crippen LogP contribution in [0.1, 0.15) is 62.2 Å². The van der Waals surface area contributed by atoms with Gasteiger partial charge >= 0.3 is 5.97 Å². The number of carbonyl (C=O) groups excluding carboxylic acids is 3. The number of amides is 2. The lowest BCUT2D eigenvalue weighted by Crippen LogP contribution is -2.48. The van der Waals surface area contributed by atoms with Crippen molar-refractivity contribution in [1.29, 1.82) is 0 Å². The van der Waals surface area contributed by atoms with E-state index < -0.39 is 5.97 Å². The molecule has 1 aliphatic carbocycles. The van der Waals surface area contributed by atoms with E-state index in [4.69, 9.17) is 4.74 Å². The maximum atomic E-state index is 12.5. The standard InChI is InChI=1S/C21H33N5O4/c1-3-30-21(29)17-13-22-25(2)19(17)24-18(27)14-26-11-9-16(10-12-26)23-20(28)15-7-5-4-6-8-15/h13,15-16H,3-12,14H2,1-2H3,(H,23,28)(H,24,27). The number of rotatable bonds is 7. The van der Waals surface area contributed by atoms with Gasteiger partial charge in [-0.25, -0.2) is 4.79 Å². The van der Waals surface area contributed by atoms with Crippen molar-refractivity contribution in [1.82, 2.24) is 20.0 Å². The van der Waals surface area contributed by atoms with Crippen LogP contribution < -0.4 is 10.6 Å². The highest BCUT2D eigenvalue weighted by atomic mass is 16.5. The van der Waals surface area contributed by atoms with Gasteiger partial charge in [0.2, 0.25) is 11.8 Å². The van der Waals surface area contributed by atoms with Gasteiger partial charge in [-0.3, -0.25) is 19.2 Å². The monoisotopic (exact) mass is 419 g/mol. The number of likely N-dealkylation sites (tertiary alicyclic amines) is 1. The van der Waals surface area contributed by atoms with Crippen LogP contribution in [0.25, 0.3) is 0 Å². The second-order valence-corrected chi connectivity index (χ2v) is 8.19. The van der Waals surface area contributed by atoms with E-state index in [1.807, 2.05) is 0 Å². The summed E-state index contributed by atoms with van der Waals surface area (Å²) in [6.07, 6.45) is 8.63. The number of aryl methyl sites for hydroxylation is 1. The zero-order chi connectivity index (χ0) is 21.5. The van der Waals surface area contributed by atoms with Crippen molar-refractivity contribution >= 4 is 23.6 Å². The summed E-state index contributed by atoms with van der Waals surface area (Å²) in [4.78, 5) is 39.0. The van der Waals surface area contributed by atoms with Crippen LogP contribution in [-0.2, 0) is 21.4 Å². The summed E-state index contributed by atoms with van der Waals surface area (Å²) in [5, 5.41) is 10.0. The molecule has 1 saturated carbocycles. The Morgan fingerprint density at radius 3 is 2.50 bits per heavy atom. The van der Waals surface area contributed by atoms with E-state index in [1.54, 1.807) is 14.0 Å². The Labute approximate surface area is 177 Å². The van der Waals surface area contributed by atoms with Gasteiger partial charge in [-0.05, 0) is 32.6 Å². The number of nitrogens with one attached hydrogen (secondary N) is 2. The van der Waals surface area contributed by atoms with Crippen molar-refractivity contribution in [2.75, 3.05) is 31.6 Å². The molecule has 0 aromatic carbocycles. The van der Waals surface area contributed by atoms with Gasteiger partial charge in [0.05, 0.1) is 19.3 Å². The molecule has 166 valence electrons. The van der Waals surface area contributed by atoms with Gasteiger partial charge < -0.3 is 15.4 Å². The number of aromatic nitrogens is 2. The number of carbonyl (C=O) groups is 3. The maximum absolute atomic E-state index is 12.5. The summed E-state index contributed by atoms with van der Waals surface area (Å²) < 4.78 is 6.47. The molecule has 2 heterocycles. The third kappa shape index (κ3) is 5.81. The van der Waals surface area contributed by atoms with Crippen LogP contribution in [0.15, 0.2) is 6.20 Å². The molecule has 2 fully saturated rings. The lowest BCUT2D eigenvalue weighted by Gasteiger charge is -2.33. The van der Waals surface area contributed by atoms with Gasteiger partial charge in [0, 0.05) is 32.1 Å². The molecule has 1 aliphatic heterocycles. The highest BCUT2D eigenvalue weighted by Gasteiger charge is 2.27. The average molecular weight is 420 g/mol. The molecule has 1 saturated heterocycles. The first kappa shape index (κ1) is 22.3. The van der Waals surface area contributed by atoms with Gasteiger partial charge in [-0.2, -0.15) is 5.10 Å². The summed E-state index contributed by atoms with van der Waals surface area (Å²) in [6.45, 7) is 3.72. The van der Waals surface area contributed by atoms with Crippen molar-refractivity contribution in [2.24, 2.45) is 13.0 Å². The van der Waals surface area contributed by atoms with E-state index >= 15 is 0 Å². The second kappa shape index (κ2) is 10.6. The Morgan fingerprint density at radius 2 is 1.83 bits per heavy atom. The molecule has 0 radical (unpaired) electrons. The molecular formula is C21H33N5O4. The number of ether oxygens (including phenoxy) is 1. The predicted molar refractivity (Wildman–Crippen MR) is 112 cm³/mol. The maximum Gasteiger partial charge on any atom is 0.343 e. The zero-order valence-corrected chi connectivity index (χ0v) is 18.0. The van der Waals surface area contributed by atoms with E-state index in [2.05, 4.69) is 20.6 Å². The molecule has 2 aliphatic rings. The molecule has 1 aromatic rings. The Bertz CT molecular complexity index is 749. The van der Waals surface area contributed by atoms with Crippen LogP contribution in [-0.4, -0.2) is 64.7 Å². The molecular weight excluding hydrogens is 386 g/mol. The molecule has 0 spiro atoms. The quantitative estimate of drug-likeness (QED) is 0.652. The number of piperidine rings is 1. The number of anilines is 1. The van der Waals surface area contributed by atoms with E-state index in [0.717, 1.165) is 51.6 Å². The molecule has 9 nitrogen and oxygen atoms in total. The molecule has 1 aromatic heterocycles. The fourth-order valence-corrected chi connectivity index (χ4v) is 4.24. The number of nitrogens with zero attached hydrogens (tertiary/aromatic N) is 3. The molecule has 2 N–H and O–H groups in total. The Morgan fingerprint density at radius 1 is 1.13 bits per heavy atom. The third-order valence-corrected chi connectivity index (χ3v) is 5.97. The minimum Gasteiger partial charge on any atom is -0.462 e. The molecule has 30 heavy (non-hydrogen) atoms. The molecule has 0 atom stereocenters. The van der Waals surface area contributed by atoms with Crippen LogP contribution in [0.2, 0.25) is 0 Å². The largest absolute Gasteiger partial charge is 0.462 e. The van der Waals surface area contributed by atoms with Crippen molar-refractivity contribution in [2.45, 2.75) is 57.9 Å². The van der Waals surface area contributed by atoms with E-state index in [1.165, 1.54) is 17.3 Å². The average Bonchev–Trinajstić information content (AvgIpc) is 3.10. The molecule has 3 rings (SSSR count). The van der Waals surface area contributed by atoms with Crippen LogP contribution in [0.4, 0.5) is 5.82 Å². The van der Waals surface area contributed by atoms with Crippen molar-refractivity contribution in [3.8, 4) is 0 Å². The zero-order valence-electron chi connectivity index (χ0n) is 18.0. The Balaban J connectivity index is 1.44. The Kier molecular flexibility index (Phi) is 7.84. The first-order chi connectivity index (χ1) is 14.5. The summed E-state index contributed by atoms with van der Waals surface area (Å²) in [7, 11) is 1.67. The topological polar surface area (TPSA) is 106 Å². The van der Waals surface area contributed by atoms with E-state index in [9.17, 15) is 14.4 Å². The second-order valence-electron chi connectivity index (χ2n) is 8.19. The van der Waals surface area contributed by atoms with Gasteiger partial charge in [-0.1, -0.05) is 19.3 Å². The van der Waals surface area contributed by atoms with Gasteiger partial charge in [0.15, 0.2) is 0 Å². The van der Waals surface area contributed by atoms with Gasteiger partial charge in [0.25, 0.3) is 0 Å². The predicted octanol–water partition coefficient (Wildman–Crippen LogP) is 1.70. The lowest BCUT2D eigenvalue weighted by atomic mass is 9.88. The molecule has 0 unspecified atom stereocenters. The minimum atomic E-state index is -0.504. The van der Waals surface area contributed by atoms with Crippen molar-refractivity contribution in [3.63, 3.8) is 0 Å². The van der Waals surface area contributed by atoms with E-state index in [0.29, 0.717) is 5.82 Å². The lowest BCUT2D eigenvalue weighted by molar-refractivity contribution is -0.127. The summed E-state index contributed by atoms with van der Waals surface area (Å²) in [5.41, 5.74) is 0.247. The molecule has 0 bridgehead atoms. The fourth-order valence-electron chi connectivity index (χ4n) is 4.24. The van der Waals surface area contributed by atoms with Crippen LogP contribution in [0, 0.1) is 5.92 Å². The van der Waals surface area contributed by atoms with Gasteiger partial charge in [0.1, 0.15) is 11.4 Å². The van der Waals surface area contributed by atoms with Crippen molar-refractivity contribution in [3.05, 3.63) is 11.8 Å². The Hall–Kier alpha value is -2.42. The van der Waals surface area contributed by atoms with Crippen LogP contribution >= 0.6 is 0 Å². The first-order valence-electron chi connectivity index (χ1n) is 11.0.